The van der Waals surface area contributed by atoms with Gasteiger partial charge in [0, 0.05) is 31.5 Å². The molecule has 1 fully saturated rings. The van der Waals surface area contributed by atoms with Gasteiger partial charge in [0.15, 0.2) is 0 Å². The highest BCUT2D eigenvalue weighted by Gasteiger charge is 2.30. The molecule has 1 aliphatic heterocycles. The van der Waals surface area contributed by atoms with Gasteiger partial charge in [-0.1, -0.05) is 0 Å². The van der Waals surface area contributed by atoms with Crippen LogP contribution >= 0.6 is 0 Å². The predicted molar refractivity (Wildman–Crippen MR) is 81.7 cm³/mol. The van der Waals surface area contributed by atoms with Crippen LogP contribution in [0.4, 0.5) is 4.79 Å². The summed E-state index contributed by atoms with van der Waals surface area (Å²) in [5, 5.41) is 14.0. The molecular weight excluding hydrogens is 298 g/mol. The number of carbonyl (C=O) groups excluding carboxylic acids is 2. The molecule has 0 saturated carbocycles. The van der Waals surface area contributed by atoms with Crippen LogP contribution < -0.4 is 5.32 Å². The lowest BCUT2D eigenvalue weighted by molar-refractivity contribution is -0.126. The zero-order chi connectivity index (χ0) is 16.2. The standard InChI is InChI=1S/C15H23N5O3/c1-2-23-15(22)20-7-5-11(6-8-20)16-14(21)10-3-4-12-13(9-10)18-19-17-12/h10-11H,2-9H2,1H3,(H,16,21)(H,17,18,19). The topological polar surface area (TPSA) is 100 Å². The SMILES string of the molecule is CCOC(=O)N1CCC(NC(=O)C2CCc3n[nH]nc3C2)CC1. The fourth-order valence-electron chi connectivity index (χ4n) is 3.25. The van der Waals surface area contributed by atoms with E-state index in [4.69, 9.17) is 4.74 Å². The van der Waals surface area contributed by atoms with Gasteiger partial charge in [-0.05, 0) is 32.6 Å². The zero-order valence-corrected chi connectivity index (χ0v) is 13.4. The Kier molecular flexibility index (Phi) is 4.78. The molecule has 126 valence electrons. The Morgan fingerprint density at radius 1 is 1.26 bits per heavy atom. The van der Waals surface area contributed by atoms with Crippen molar-refractivity contribution < 1.29 is 14.3 Å². The highest BCUT2D eigenvalue weighted by Crippen LogP contribution is 2.23. The Morgan fingerprint density at radius 2 is 2.00 bits per heavy atom. The molecule has 1 aromatic heterocycles. The number of hydrogen-bond acceptors (Lipinski definition) is 5. The second-order valence-corrected chi connectivity index (χ2v) is 6.13. The molecule has 2 heterocycles. The second kappa shape index (κ2) is 6.97. The zero-order valence-electron chi connectivity index (χ0n) is 13.4. The first-order chi connectivity index (χ1) is 11.2. The molecule has 1 unspecified atom stereocenters. The number of rotatable bonds is 3. The van der Waals surface area contributed by atoms with Crippen molar-refractivity contribution in [2.75, 3.05) is 19.7 Å². The Bertz CT molecular complexity index is 565. The Hall–Kier alpha value is -2.12. The van der Waals surface area contributed by atoms with E-state index in [-0.39, 0.29) is 24.0 Å². The summed E-state index contributed by atoms with van der Waals surface area (Å²) in [6.45, 7) is 3.44. The van der Waals surface area contributed by atoms with Crippen LogP contribution in [0.1, 0.15) is 37.6 Å². The maximum atomic E-state index is 12.4. The Labute approximate surface area is 134 Å². The summed E-state index contributed by atoms with van der Waals surface area (Å²) < 4.78 is 5.00. The largest absolute Gasteiger partial charge is 0.450 e. The number of hydrogen-bond donors (Lipinski definition) is 2. The molecular formula is C15H23N5O3. The van der Waals surface area contributed by atoms with Gasteiger partial charge in [0.2, 0.25) is 5.91 Å². The van der Waals surface area contributed by atoms with Crippen LogP contribution in [0.5, 0.6) is 0 Å². The van der Waals surface area contributed by atoms with Gasteiger partial charge in [-0.3, -0.25) is 4.79 Å². The summed E-state index contributed by atoms with van der Waals surface area (Å²) in [5.74, 6) is 0.0592. The minimum Gasteiger partial charge on any atom is -0.450 e. The van der Waals surface area contributed by atoms with Gasteiger partial charge in [0.1, 0.15) is 0 Å². The second-order valence-electron chi connectivity index (χ2n) is 6.13. The third kappa shape index (κ3) is 3.62. The van der Waals surface area contributed by atoms with Gasteiger partial charge in [0.05, 0.1) is 18.0 Å². The molecule has 2 aliphatic rings. The first-order valence-corrected chi connectivity index (χ1v) is 8.28. The quantitative estimate of drug-likeness (QED) is 0.851. The van der Waals surface area contributed by atoms with Crippen molar-refractivity contribution in [2.45, 2.75) is 45.1 Å². The number of aromatic nitrogens is 3. The van der Waals surface area contributed by atoms with Crippen LogP contribution in [0.3, 0.4) is 0 Å². The van der Waals surface area contributed by atoms with Gasteiger partial charge >= 0.3 is 6.09 Å². The number of ether oxygens (including phenoxy) is 1. The maximum absolute atomic E-state index is 12.4. The molecule has 0 aromatic carbocycles. The lowest BCUT2D eigenvalue weighted by atomic mass is 9.88. The van der Waals surface area contributed by atoms with Crippen LogP contribution in [0.15, 0.2) is 0 Å². The minimum atomic E-state index is -0.261. The maximum Gasteiger partial charge on any atom is 0.409 e. The molecule has 23 heavy (non-hydrogen) atoms. The van der Waals surface area contributed by atoms with E-state index in [2.05, 4.69) is 20.7 Å². The number of likely N-dealkylation sites (tertiary alicyclic amines) is 1. The highest BCUT2D eigenvalue weighted by atomic mass is 16.6. The summed E-state index contributed by atoms with van der Waals surface area (Å²) in [7, 11) is 0. The van der Waals surface area contributed by atoms with Crippen LogP contribution in [0.25, 0.3) is 0 Å². The third-order valence-corrected chi connectivity index (χ3v) is 4.61. The van der Waals surface area contributed by atoms with Gasteiger partial charge in [-0.25, -0.2) is 4.79 Å². The number of nitrogens with one attached hydrogen (secondary N) is 2. The van der Waals surface area contributed by atoms with E-state index in [0.717, 1.165) is 37.1 Å². The van der Waals surface area contributed by atoms with Crippen molar-refractivity contribution >= 4 is 12.0 Å². The first-order valence-electron chi connectivity index (χ1n) is 8.28. The predicted octanol–water partition coefficient (Wildman–Crippen LogP) is 0.647. The fraction of sp³-hybridized carbons (Fsp3) is 0.733. The van der Waals surface area contributed by atoms with Gasteiger partial charge in [-0.15, -0.1) is 0 Å². The van der Waals surface area contributed by atoms with Crippen LogP contribution in [0.2, 0.25) is 0 Å². The average molecular weight is 321 g/mol. The first kappa shape index (κ1) is 15.8. The molecule has 8 heteroatoms. The number of aryl methyl sites for hydroxylation is 1. The summed E-state index contributed by atoms with van der Waals surface area (Å²) in [6.07, 6.45) is 3.54. The highest BCUT2D eigenvalue weighted by molar-refractivity contribution is 5.79. The van der Waals surface area contributed by atoms with Gasteiger partial charge in [0.25, 0.3) is 0 Å². The van der Waals surface area contributed by atoms with E-state index in [0.29, 0.717) is 26.1 Å². The van der Waals surface area contributed by atoms with Crippen molar-refractivity contribution in [1.82, 2.24) is 25.6 Å². The molecule has 0 spiro atoms. The monoisotopic (exact) mass is 321 g/mol. The molecule has 1 aromatic rings. The number of piperidine rings is 1. The van der Waals surface area contributed by atoms with Crippen molar-refractivity contribution in [3.63, 3.8) is 0 Å². The molecule has 0 bridgehead atoms. The molecule has 3 rings (SSSR count). The summed E-state index contributed by atoms with van der Waals surface area (Å²) >= 11 is 0. The Morgan fingerprint density at radius 3 is 2.74 bits per heavy atom. The van der Waals surface area contributed by atoms with Crippen LogP contribution in [-0.4, -0.2) is 58.0 Å². The van der Waals surface area contributed by atoms with E-state index in [1.165, 1.54) is 0 Å². The van der Waals surface area contributed by atoms with Crippen molar-refractivity contribution in [3.8, 4) is 0 Å². The van der Waals surface area contributed by atoms with E-state index >= 15 is 0 Å². The van der Waals surface area contributed by atoms with Gasteiger partial charge < -0.3 is 15.0 Å². The summed E-state index contributed by atoms with van der Waals surface area (Å²) in [5.41, 5.74) is 1.89. The molecule has 8 nitrogen and oxygen atoms in total. The number of carbonyl (C=O) groups is 2. The number of amides is 2. The number of H-pyrrole nitrogens is 1. The average Bonchev–Trinajstić information content (AvgIpc) is 3.03. The molecule has 2 N–H and O–H groups in total. The number of aromatic amines is 1. The van der Waals surface area contributed by atoms with Crippen molar-refractivity contribution in [2.24, 2.45) is 5.92 Å². The molecule has 1 atom stereocenters. The number of fused-ring (bicyclic) bond motifs is 1. The number of nitrogens with zero attached hydrogens (tertiary/aromatic N) is 3. The van der Waals surface area contributed by atoms with E-state index in [1.807, 2.05) is 0 Å². The third-order valence-electron chi connectivity index (χ3n) is 4.61. The molecule has 0 radical (unpaired) electrons. The lowest BCUT2D eigenvalue weighted by Crippen LogP contribution is -2.48. The van der Waals surface area contributed by atoms with Crippen LogP contribution in [-0.2, 0) is 22.4 Å². The summed E-state index contributed by atoms with van der Waals surface area (Å²) in [6, 6.07) is 0.131. The lowest BCUT2D eigenvalue weighted by Gasteiger charge is -2.32. The Balaban J connectivity index is 1.46. The van der Waals surface area contributed by atoms with E-state index in [1.54, 1.807) is 11.8 Å². The molecule has 2 amide bonds. The fourth-order valence-corrected chi connectivity index (χ4v) is 3.25. The smallest absolute Gasteiger partial charge is 0.409 e. The van der Waals surface area contributed by atoms with E-state index < -0.39 is 0 Å². The van der Waals surface area contributed by atoms with Gasteiger partial charge in [-0.2, -0.15) is 15.4 Å². The minimum absolute atomic E-state index is 0.0318. The molecule has 1 saturated heterocycles. The molecule has 1 aliphatic carbocycles. The van der Waals surface area contributed by atoms with Crippen molar-refractivity contribution in [1.29, 1.82) is 0 Å². The normalized spacial score (nSPS) is 21.6. The summed E-state index contributed by atoms with van der Waals surface area (Å²) in [4.78, 5) is 25.8. The van der Waals surface area contributed by atoms with Crippen LogP contribution in [0, 0.1) is 5.92 Å². The van der Waals surface area contributed by atoms with Crippen molar-refractivity contribution in [3.05, 3.63) is 11.4 Å². The van der Waals surface area contributed by atoms with E-state index in [9.17, 15) is 9.59 Å².